The topological polar surface area (TPSA) is 44.2 Å². The molecular formula is C18H16N2O2S. The highest BCUT2D eigenvalue weighted by Gasteiger charge is 2.23. The number of ether oxygens (including phenoxy) is 2. The van der Waals surface area contributed by atoms with Crippen molar-refractivity contribution >= 4 is 34.5 Å². The summed E-state index contributed by atoms with van der Waals surface area (Å²) in [5, 5.41) is 1.61. The van der Waals surface area contributed by atoms with Gasteiger partial charge in [-0.3, -0.25) is 0 Å². The first-order valence-electron chi connectivity index (χ1n) is 8.13. The lowest BCUT2D eigenvalue weighted by Crippen LogP contribution is -2.00. The second-order valence-corrected chi connectivity index (χ2v) is 6.98. The molecule has 3 aliphatic rings. The third-order valence-corrected chi connectivity index (χ3v) is 5.29. The molecule has 2 aromatic heterocycles. The summed E-state index contributed by atoms with van der Waals surface area (Å²) in [5.74, 6) is 2.08. The summed E-state index contributed by atoms with van der Waals surface area (Å²) in [6.45, 7) is 0. The first-order valence-corrected chi connectivity index (χ1v) is 8.95. The van der Waals surface area contributed by atoms with Crippen LogP contribution in [-0.2, 0) is 0 Å². The second-order valence-electron chi connectivity index (χ2n) is 6.03. The Morgan fingerprint density at radius 3 is 1.70 bits per heavy atom. The van der Waals surface area contributed by atoms with Crippen LogP contribution in [0.1, 0.15) is 49.9 Å². The van der Waals surface area contributed by atoms with E-state index in [-0.39, 0.29) is 0 Å². The van der Waals surface area contributed by atoms with Crippen molar-refractivity contribution in [1.29, 1.82) is 0 Å². The van der Waals surface area contributed by atoms with Gasteiger partial charge in [-0.05, 0) is 50.0 Å². The molecule has 0 saturated heterocycles. The molecule has 5 rings (SSSR count). The van der Waals surface area contributed by atoms with Crippen LogP contribution in [0.15, 0.2) is 23.7 Å². The molecule has 2 heterocycles. The summed E-state index contributed by atoms with van der Waals surface area (Å²) in [4.78, 5) is 9.42. The molecule has 0 N–H and O–H groups in total. The molecule has 116 valence electrons. The Morgan fingerprint density at radius 1 is 0.783 bits per heavy atom. The average Bonchev–Trinajstić information content (AvgIpc) is 3.25. The lowest BCUT2D eigenvalue weighted by atomic mass is 10.1. The molecule has 0 aromatic carbocycles. The predicted molar refractivity (Wildman–Crippen MR) is 91.5 cm³/mol. The number of hydrogen-bond acceptors (Lipinski definition) is 5. The van der Waals surface area contributed by atoms with E-state index in [0.29, 0.717) is 0 Å². The minimum Gasteiger partial charge on any atom is -0.449 e. The predicted octanol–water partition coefficient (Wildman–Crippen LogP) is 5.07. The van der Waals surface area contributed by atoms with Crippen molar-refractivity contribution in [3.05, 3.63) is 35.1 Å². The number of aromatic nitrogens is 2. The molecular weight excluding hydrogens is 308 g/mol. The van der Waals surface area contributed by atoms with Crippen LogP contribution < -0.4 is 9.47 Å². The Kier molecular flexibility index (Phi) is 3.01. The van der Waals surface area contributed by atoms with E-state index in [2.05, 4.69) is 12.2 Å². The summed E-state index contributed by atoms with van der Waals surface area (Å²) in [7, 11) is 0. The third kappa shape index (κ3) is 2.27. The number of hydrogen-bond donors (Lipinski definition) is 0. The Balaban J connectivity index is 1.58. The molecule has 0 spiro atoms. The van der Waals surface area contributed by atoms with Crippen LogP contribution in [0.25, 0.3) is 23.2 Å². The van der Waals surface area contributed by atoms with Crippen molar-refractivity contribution in [3.63, 3.8) is 0 Å². The van der Waals surface area contributed by atoms with Gasteiger partial charge in [-0.25, -0.2) is 9.97 Å². The van der Waals surface area contributed by atoms with Gasteiger partial charge in [0, 0.05) is 12.8 Å². The van der Waals surface area contributed by atoms with Gasteiger partial charge >= 0.3 is 0 Å². The Labute approximate surface area is 138 Å². The van der Waals surface area contributed by atoms with E-state index in [1.165, 1.54) is 24.2 Å². The maximum atomic E-state index is 6.11. The van der Waals surface area contributed by atoms with Crippen LogP contribution in [-0.4, -0.2) is 9.97 Å². The van der Waals surface area contributed by atoms with E-state index in [1.54, 1.807) is 0 Å². The molecule has 0 unspecified atom stereocenters. The van der Waals surface area contributed by atoms with Gasteiger partial charge in [0.05, 0.1) is 11.4 Å². The highest BCUT2D eigenvalue weighted by molar-refractivity contribution is 7.17. The lowest BCUT2D eigenvalue weighted by molar-refractivity contribution is 0.422. The average molecular weight is 324 g/mol. The van der Waals surface area contributed by atoms with Crippen molar-refractivity contribution in [2.24, 2.45) is 0 Å². The molecule has 0 bridgehead atoms. The van der Waals surface area contributed by atoms with Crippen molar-refractivity contribution < 1.29 is 9.47 Å². The van der Waals surface area contributed by atoms with E-state index in [9.17, 15) is 0 Å². The molecule has 0 amide bonds. The van der Waals surface area contributed by atoms with Crippen LogP contribution in [0, 0.1) is 0 Å². The number of rotatable bonds is 4. The molecule has 0 radical (unpaired) electrons. The molecule has 2 aromatic rings. The van der Waals surface area contributed by atoms with Gasteiger partial charge in [0.25, 0.3) is 0 Å². The smallest absolute Gasteiger partial charge is 0.211 e. The number of fused-ring (bicyclic) bond motifs is 2. The maximum absolute atomic E-state index is 6.11. The molecule has 3 aliphatic carbocycles. The maximum Gasteiger partial charge on any atom is 0.211 e. The summed E-state index contributed by atoms with van der Waals surface area (Å²) in [6.07, 6.45) is 14.8. The van der Waals surface area contributed by atoms with Crippen molar-refractivity contribution in [1.82, 2.24) is 9.97 Å². The van der Waals surface area contributed by atoms with Gasteiger partial charge in [0.2, 0.25) is 10.1 Å². The van der Waals surface area contributed by atoms with E-state index in [4.69, 9.17) is 19.4 Å². The van der Waals surface area contributed by atoms with Crippen molar-refractivity contribution in [2.45, 2.75) is 38.5 Å². The van der Waals surface area contributed by atoms with Crippen LogP contribution >= 0.6 is 11.3 Å². The van der Waals surface area contributed by atoms with Gasteiger partial charge in [0.15, 0.2) is 0 Å². The Bertz CT molecular complexity index is 822. The minimum atomic E-state index is 0.803. The molecule has 0 fully saturated rings. The summed E-state index contributed by atoms with van der Waals surface area (Å²) >= 11 is 1.51. The van der Waals surface area contributed by atoms with E-state index < -0.39 is 0 Å². The quantitative estimate of drug-likeness (QED) is 0.672. The molecule has 4 nitrogen and oxygen atoms in total. The van der Waals surface area contributed by atoms with Gasteiger partial charge in [-0.15, -0.1) is 0 Å². The highest BCUT2D eigenvalue weighted by Crippen LogP contribution is 2.45. The minimum absolute atomic E-state index is 0.803. The summed E-state index contributed by atoms with van der Waals surface area (Å²) in [5.41, 5.74) is 3.51. The van der Waals surface area contributed by atoms with Gasteiger partial charge < -0.3 is 9.47 Å². The van der Waals surface area contributed by atoms with E-state index >= 15 is 0 Å². The number of thiophene rings is 1. The fraction of sp³-hybridized carbons (Fsp3) is 0.333. The second kappa shape index (κ2) is 5.20. The molecule has 0 atom stereocenters. The third-order valence-electron chi connectivity index (χ3n) is 4.37. The van der Waals surface area contributed by atoms with Gasteiger partial charge in [-0.2, -0.15) is 0 Å². The first-order chi connectivity index (χ1) is 11.4. The van der Waals surface area contributed by atoms with Crippen LogP contribution in [0.5, 0.6) is 10.1 Å². The fourth-order valence-electron chi connectivity index (χ4n) is 3.08. The van der Waals surface area contributed by atoms with Crippen LogP contribution in [0.4, 0.5) is 0 Å². The van der Waals surface area contributed by atoms with Crippen molar-refractivity contribution in [2.75, 3.05) is 0 Å². The van der Waals surface area contributed by atoms with E-state index in [0.717, 1.165) is 69.7 Å². The number of nitrogens with zero attached hydrogens (tertiary/aromatic N) is 2. The monoisotopic (exact) mass is 324 g/mol. The largest absolute Gasteiger partial charge is 0.449 e. The Hall–Kier alpha value is -2.14. The molecule has 23 heavy (non-hydrogen) atoms. The highest BCUT2D eigenvalue weighted by atomic mass is 32.1. The lowest BCUT2D eigenvalue weighted by Gasteiger charge is -2.09. The van der Waals surface area contributed by atoms with Gasteiger partial charge in [-0.1, -0.05) is 11.3 Å². The first kappa shape index (κ1) is 13.3. The van der Waals surface area contributed by atoms with Crippen LogP contribution in [0.3, 0.4) is 0 Å². The molecule has 0 aliphatic heterocycles. The Morgan fingerprint density at radius 2 is 1.30 bits per heavy atom. The zero-order valence-corrected chi connectivity index (χ0v) is 13.5. The number of allylic oxidation sites excluding steroid dienone is 4. The normalized spacial score (nSPS) is 18.6. The van der Waals surface area contributed by atoms with Crippen LogP contribution in [0.2, 0.25) is 0 Å². The zero-order valence-electron chi connectivity index (χ0n) is 12.7. The summed E-state index contributed by atoms with van der Waals surface area (Å²) in [6, 6.07) is 0. The molecule has 0 saturated carbocycles. The summed E-state index contributed by atoms with van der Waals surface area (Å²) < 4.78 is 12.2. The van der Waals surface area contributed by atoms with Gasteiger partial charge in [0.1, 0.15) is 22.6 Å². The fourth-order valence-corrected chi connectivity index (χ4v) is 4.02. The zero-order chi connectivity index (χ0) is 15.2. The SMILES string of the molecule is C1=Cc2nc3c(OC4=CCCC4)sc(OC4=CCCC4)c3nc21. The standard InChI is InChI=1S/C18H16N2O2S/c1-2-6-11(5-1)21-17-15-16(20-14-10-9-13(14)19-15)18(23-17)22-12-7-3-4-8-12/h5,7,9-10H,1-4,6,8H2. The van der Waals surface area contributed by atoms with Crippen molar-refractivity contribution in [3.8, 4) is 10.1 Å². The molecule has 5 heteroatoms. The van der Waals surface area contributed by atoms with E-state index in [1.807, 2.05) is 12.2 Å².